The van der Waals surface area contributed by atoms with Gasteiger partial charge in [-0.3, -0.25) is 4.79 Å². The van der Waals surface area contributed by atoms with Crippen LogP contribution in [-0.4, -0.2) is 29.6 Å². The minimum absolute atomic E-state index is 0.0554. The van der Waals surface area contributed by atoms with Crippen molar-refractivity contribution in [3.8, 4) is 0 Å². The molecule has 1 heterocycles. The Morgan fingerprint density at radius 2 is 2.00 bits per heavy atom. The first-order valence-corrected chi connectivity index (χ1v) is 6.45. The molecule has 0 aromatic rings. The number of ether oxygens (including phenoxy) is 1. The molecule has 0 saturated carbocycles. The van der Waals surface area contributed by atoms with E-state index in [1.807, 2.05) is 20.8 Å². The zero-order valence-electron chi connectivity index (χ0n) is 10.8. The van der Waals surface area contributed by atoms with Gasteiger partial charge in [0.2, 0.25) is 5.91 Å². The van der Waals surface area contributed by atoms with Crippen molar-refractivity contribution in [3.05, 3.63) is 0 Å². The standard InChI is InChI=1S/C12H22N2O2S/c1-4-11(2,3)14-10(15)12(9(13)17)5-7-16-8-6-12/h4-8H2,1-3H3,(H2,13,17)(H,14,15). The van der Waals surface area contributed by atoms with Crippen LogP contribution in [0.2, 0.25) is 0 Å². The summed E-state index contributed by atoms with van der Waals surface area (Å²) in [6.45, 7) is 7.11. The molecule has 1 aliphatic heterocycles. The summed E-state index contributed by atoms with van der Waals surface area (Å²) >= 11 is 5.09. The molecule has 1 saturated heterocycles. The van der Waals surface area contributed by atoms with Crippen molar-refractivity contribution in [2.75, 3.05) is 13.2 Å². The number of hydrogen-bond donors (Lipinski definition) is 2. The fourth-order valence-corrected chi connectivity index (χ4v) is 2.12. The van der Waals surface area contributed by atoms with Gasteiger partial charge in [0.1, 0.15) is 5.41 Å². The first-order valence-electron chi connectivity index (χ1n) is 6.04. The second-order valence-corrected chi connectivity index (χ2v) is 5.69. The van der Waals surface area contributed by atoms with Gasteiger partial charge in [-0.2, -0.15) is 0 Å². The zero-order chi connectivity index (χ0) is 13.1. The molecule has 0 atom stereocenters. The molecule has 1 rings (SSSR count). The molecule has 98 valence electrons. The second kappa shape index (κ2) is 5.31. The Morgan fingerprint density at radius 1 is 1.47 bits per heavy atom. The fraction of sp³-hybridized carbons (Fsp3) is 0.833. The summed E-state index contributed by atoms with van der Waals surface area (Å²) in [5.41, 5.74) is 4.83. The van der Waals surface area contributed by atoms with E-state index in [0.29, 0.717) is 26.1 Å². The van der Waals surface area contributed by atoms with E-state index in [9.17, 15) is 4.79 Å². The third-order valence-electron chi connectivity index (χ3n) is 3.59. The average molecular weight is 258 g/mol. The number of rotatable bonds is 4. The lowest BCUT2D eigenvalue weighted by Gasteiger charge is -2.37. The molecule has 5 heteroatoms. The summed E-state index contributed by atoms with van der Waals surface area (Å²) in [5.74, 6) is -0.0554. The second-order valence-electron chi connectivity index (χ2n) is 5.25. The Hall–Kier alpha value is -0.680. The highest BCUT2D eigenvalue weighted by molar-refractivity contribution is 7.80. The Morgan fingerprint density at radius 3 is 2.41 bits per heavy atom. The maximum absolute atomic E-state index is 12.4. The molecule has 17 heavy (non-hydrogen) atoms. The maximum Gasteiger partial charge on any atom is 0.233 e. The number of amides is 1. The fourth-order valence-electron chi connectivity index (χ4n) is 1.82. The molecule has 0 bridgehead atoms. The van der Waals surface area contributed by atoms with Crippen molar-refractivity contribution >= 4 is 23.1 Å². The van der Waals surface area contributed by atoms with Crippen molar-refractivity contribution in [1.82, 2.24) is 5.32 Å². The summed E-state index contributed by atoms with van der Waals surface area (Å²) in [7, 11) is 0. The van der Waals surface area contributed by atoms with E-state index in [4.69, 9.17) is 22.7 Å². The van der Waals surface area contributed by atoms with E-state index < -0.39 is 5.41 Å². The van der Waals surface area contributed by atoms with Gasteiger partial charge in [-0.25, -0.2) is 0 Å². The van der Waals surface area contributed by atoms with Crippen molar-refractivity contribution < 1.29 is 9.53 Å². The van der Waals surface area contributed by atoms with Crippen LogP contribution in [0.25, 0.3) is 0 Å². The monoisotopic (exact) mass is 258 g/mol. The van der Waals surface area contributed by atoms with Crippen molar-refractivity contribution in [3.63, 3.8) is 0 Å². The van der Waals surface area contributed by atoms with E-state index in [2.05, 4.69) is 5.32 Å². The van der Waals surface area contributed by atoms with E-state index in [0.717, 1.165) is 6.42 Å². The van der Waals surface area contributed by atoms with Gasteiger partial charge in [-0.1, -0.05) is 19.1 Å². The SMILES string of the molecule is CCC(C)(C)NC(=O)C1(C(N)=S)CCOCC1. The van der Waals surface area contributed by atoms with E-state index in [-0.39, 0.29) is 16.4 Å². The number of carbonyl (C=O) groups excluding carboxylic acids is 1. The summed E-state index contributed by atoms with van der Waals surface area (Å²) < 4.78 is 5.29. The van der Waals surface area contributed by atoms with Crippen LogP contribution in [0.15, 0.2) is 0 Å². The molecular formula is C12H22N2O2S. The molecule has 0 spiro atoms. The van der Waals surface area contributed by atoms with Gasteiger partial charge >= 0.3 is 0 Å². The van der Waals surface area contributed by atoms with Gasteiger partial charge in [-0.05, 0) is 33.1 Å². The van der Waals surface area contributed by atoms with Crippen LogP contribution < -0.4 is 11.1 Å². The first-order chi connectivity index (χ1) is 7.84. The maximum atomic E-state index is 12.4. The van der Waals surface area contributed by atoms with Gasteiger partial charge in [0.15, 0.2) is 0 Å². The summed E-state index contributed by atoms with van der Waals surface area (Å²) in [5, 5.41) is 3.04. The molecule has 4 nitrogen and oxygen atoms in total. The Labute approximate surface area is 108 Å². The minimum atomic E-state index is -0.722. The topological polar surface area (TPSA) is 64.4 Å². The quantitative estimate of drug-likeness (QED) is 0.748. The molecule has 0 aromatic carbocycles. The third-order valence-corrected chi connectivity index (χ3v) is 3.98. The predicted octanol–water partition coefficient (Wildman–Crippen LogP) is 1.37. The van der Waals surface area contributed by atoms with Gasteiger partial charge in [-0.15, -0.1) is 0 Å². The lowest BCUT2D eigenvalue weighted by atomic mass is 9.78. The van der Waals surface area contributed by atoms with Gasteiger partial charge < -0.3 is 15.8 Å². The first kappa shape index (κ1) is 14.4. The third kappa shape index (κ3) is 3.16. The number of hydrogen-bond acceptors (Lipinski definition) is 3. The van der Waals surface area contributed by atoms with Gasteiger partial charge in [0.25, 0.3) is 0 Å². The van der Waals surface area contributed by atoms with E-state index in [1.54, 1.807) is 0 Å². The lowest BCUT2D eigenvalue weighted by Crippen LogP contribution is -2.56. The molecule has 0 unspecified atom stereocenters. The van der Waals surface area contributed by atoms with Crippen molar-refractivity contribution in [2.24, 2.45) is 11.1 Å². The summed E-state index contributed by atoms with van der Waals surface area (Å²) in [4.78, 5) is 12.7. The van der Waals surface area contributed by atoms with Crippen molar-refractivity contribution in [1.29, 1.82) is 0 Å². The summed E-state index contributed by atoms with van der Waals surface area (Å²) in [6, 6.07) is 0. The molecule has 0 aromatic heterocycles. The van der Waals surface area contributed by atoms with Crippen LogP contribution in [0.4, 0.5) is 0 Å². The Balaban J connectivity index is 2.84. The largest absolute Gasteiger partial charge is 0.392 e. The lowest BCUT2D eigenvalue weighted by molar-refractivity contribution is -0.133. The molecule has 1 aliphatic rings. The van der Waals surface area contributed by atoms with Crippen LogP contribution in [0.1, 0.15) is 40.0 Å². The molecule has 1 amide bonds. The van der Waals surface area contributed by atoms with Crippen molar-refractivity contribution in [2.45, 2.75) is 45.6 Å². The zero-order valence-corrected chi connectivity index (χ0v) is 11.7. The molecular weight excluding hydrogens is 236 g/mol. The Kier molecular flexibility index (Phi) is 4.49. The van der Waals surface area contributed by atoms with Crippen LogP contribution in [-0.2, 0) is 9.53 Å². The predicted molar refractivity (Wildman–Crippen MR) is 71.8 cm³/mol. The van der Waals surface area contributed by atoms with E-state index in [1.165, 1.54) is 0 Å². The normalized spacial score (nSPS) is 19.7. The van der Waals surface area contributed by atoms with Crippen LogP contribution >= 0.6 is 12.2 Å². The highest BCUT2D eigenvalue weighted by Crippen LogP contribution is 2.32. The highest BCUT2D eigenvalue weighted by atomic mass is 32.1. The van der Waals surface area contributed by atoms with E-state index >= 15 is 0 Å². The highest BCUT2D eigenvalue weighted by Gasteiger charge is 2.44. The smallest absolute Gasteiger partial charge is 0.233 e. The number of thiocarbonyl (C=S) groups is 1. The Bertz CT molecular complexity index is 310. The average Bonchev–Trinajstić information content (AvgIpc) is 2.29. The van der Waals surface area contributed by atoms with Crippen LogP contribution in [0.5, 0.6) is 0 Å². The van der Waals surface area contributed by atoms with Crippen LogP contribution in [0.3, 0.4) is 0 Å². The number of carbonyl (C=O) groups is 1. The minimum Gasteiger partial charge on any atom is -0.392 e. The molecule has 1 fully saturated rings. The molecule has 0 radical (unpaired) electrons. The molecule has 0 aliphatic carbocycles. The van der Waals surface area contributed by atoms with Crippen LogP contribution in [0, 0.1) is 5.41 Å². The number of nitrogens with one attached hydrogen (secondary N) is 1. The molecule has 3 N–H and O–H groups in total. The summed E-state index contributed by atoms with van der Waals surface area (Å²) in [6.07, 6.45) is 2.02. The number of nitrogens with two attached hydrogens (primary N) is 1. The van der Waals surface area contributed by atoms with Gasteiger partial charge in [0.05, 0.1) is 4.99 Å². The van der Waals surface area contributed by atoms with Gasteiger partial charge in [0, 0.05) is 18.8 Å².